The number of fused-ring (bicyclic) bond motifs is 9. The maximum Gasteiger partial charge on any atom is 0.340 e. The van der Waals surface area contributed by atoms with Crippen LogP contribution in [0.5, 0.6) is 11.5 Å². The SMILES string of the molecule is O=C1OC2(c3ccccc3Oc3ccccc32)c2cccc(-c3ccc(-c4ccc5c(c4)[nH]c4ccncc45)cn3)c21. The van der Waals surface area contributed by atoms with Crippen LogP contribution in [0.3, 0.4) is 0 Å². The fourth-order valence-electron chi connectivity index (χ4n) is 6.53. The van der Waals surface area contributed by atoms with Crippen molar-refractivity contribution in [1.29, 1.82) is 0 Å². The van der Waals surface area contributed by atoms with Gasteiger partial charge in [-0.15, -0.1) is 0 Å². The Kier molecular flexibility index (Phi) is 4.59. The number of nitrogens with one attached hydrogen (secondary N) is 1. The first kappa shape index (κ1) is 23.0. The predicted octanol–water partition coefficient (Wildman–Crippen LogP) is 8.01. The lowest BCUT2D eigenvalue weighted by Gasteiger charge is -2.36. The molecule has 198 valence electrons. The topological polar surface area (TPSA) is 77.1 Å². The van der Waals surface area contributed by atoms with Crippen LogP contribution in [0.25, 0.3) is 44.2 Å². The number of carbonyl (C=O) groups is 1. The van der Waals surface area contributed by atoms with Crippen LogP contribution in [-0.2, 0) is 10.3 Å². The predicted molar refractivity (Wildman–Crippen MR) is 161 cm³/mol. The number of aromatic nitrogens is 3. The van der Waals surface area contributed by atoms with Crippen molar-refractivity contribution in [2.75, 3.05) is 0 Å². The summed E-state index contributed by atoms with van der Waals surface area (Å²) in [5.74, 6) is 0.970. The average molecular weight is 544 g/mol. The largest absolute Gasteiger partial charge is 0.456 e. The summed E-state index contributed by atoms with van der Waals surface area (Å²) in [4.78, 5) is 26.3. The number of para-hydroxylation sites is 2. The molecule has 0 saturated carbocycles. The van der Waals surface area contributed by atoms with E-state index in [1.54, 1.807) is 6.20 Å². The average Bonchev–Trinajstić information content (AvgIpc) is 3.56. The molecular weight excluding hydrogens is 522 g/mol. The van der Waals surface area contributed by atoms with Gasteiger partial charge < -0.3 is 14.5 Å². The van der Waals surface area contributed by atoms with Gasteiger partial charge in [-0.25, -0.2) is 4.79 Å². The van der Waals surface area contributed by atoms with Crippen LogP contribution < -0.4 is 4.74 Å². The lowest BCUT2D eigenvalue weighted by Crippen LogP contribution is -2.32. The van der Waals surface area contributed by atoms with Crippen LogP contribution in [0.1, 0.15) is 27.0 Å². The molecule has 9 rings (SSSR count). The number of hydrogen-bond donors (Lipinski definition) is 1. The molecular formula is C36H21N3O3. The number of aromatic amines is 1. The third kappa shape index (κ3) is 3.06. The van der Waals surface area contributed by atoms with Crippen LogP contribution in [0, 0.1) is 0 Å². The molecule has 6 nitrogen and oxygen atoms in total. The van der Waals surface area contributed by atoms with Gasteiger partial charge in [0.2, 0.25) is 0 Å². The lowest BCUT2D eigenvalue weighted by molar-refractivity contribution is 0.0224. The number of benzene rings is 4. The van der Waals surface area contributed by atoms with Gasteiger partial charge in [-0.05, 0) is 35.9 Å². The van der Waals surface area contributed by atoms with Crippen molar-refractivity contribution in [3.63, 3.8) is 0 Å². The minimum atomic E-state index is -1.10. The molecule has 3 aromatic heterocycles. The monoisotopic (exact) mass is 543 g/mol. The molecule has 4 aromatic carbocycles. The van der Waals surface area contributed by atoms with E-state index in [-0.39, 0.29) is 5.97 Å². The molecule has 7 aromatic rings. The zero-order valence-electron chi connectivity index (χ0n) is 22.2. The van der Waals surface area contributed by atoms with Crippen LogP contribution >= 0.6 is 0 Å². The van der Waals surface area contributed by atoms with E-state index in [0.29, 0.717) is 22.8 Å². The number of esters is 1. The van der Waals surface area contributed by atoms with Gasteiger partial charge in [-0.2, -0.15) is 0 Å². The molecule has 0 unspecified atom stereocenters. The number of hydrogen-bond acceptors (Lipinski definition) is 5. The highest BCUT2D eigenvalue weighted by molar-refractivity contribution is 6.08. The number of ether oxygens (including phenoxy) is 2. The number of carbonyl (C=O) groups excluding carboxylic acids is 1. The Morgan fingerprint density at radius 2 is 1.43 bits per heavy atom. The van der Waals surface area contributed by atoms with Crippen LogP contribution in [0.2, 0.25) is 0 Å². The molecule has 0 bridgehead atoms. The Bertz CT molecular complexity index is 2190. The number of pyridine rings is 2. The lowest BCUT2D eigenvalue weighted by atomic mass is 9.77. The van der Waals surface area contributed by atoms with E-state index in [0.717, 1.165) is 55.2 Å². The van der Waals surface area contributed by atoms with Gasteiger partial charge in [0.05, 0.1) is 11.3 Å². The Hall–Kier alpha value is -5.75. The van der Waals surface area contributed by atoms with Gasteiger partial charge in [0.1, 0.15) is 11.5 Å². The van der Waals surface area contributed by atoms with Gasteiger partial charge in [0.15, 0.2) is 5.60 Å². The molecule has 0 fully saturated rings. The highest BCUT2D eigenvalue weighted by atomic mass is 16.6. The quantitative estimate of drug-likeness (QED) is 0.224. The van der Waals surface area contributed by atoms with Crippen molar-refractivity contribution < 1.29 is 14.3 Å². The number of nitrogens with zero attached hydrogens (tertiary/aromatic N) is 2. The van der Waals surface area contributed by atoms with E-state index >= 15 is 0 Å². The zero-order chi connectivity index (χ0) is 27.8. The fraction of sp³-hybridized carbons (Fsp3) is 0.0278. The van der Waals surface area contributed by atoms with Gasteiger partial charge in [-0.3, -0.25) is 9.97 Å². The van der Waals surface area contributed by atoms with Crippen molar-refractivity contribution in [2.24, 2.45) is 0 Å². The number of rotatable bonds is 2. The van der Waals surface area contributed by atoms with Crippen molar-refractivity contribution in [2.45, 2.75) is 5.60 Å². The summed E-state index contributed by atoms with van der Waals surface area (Å²) in [6, 6.07) is 33.7. The second-order valence-corrected chi connectivity index (χ2v) is 10.6. The highest BCUT2D eigenvalue weighted by Crippen LogP contribution is 2.56. The smallest absolute Gasteiger partial charge is 0.340 e. The molecule has 0 atom stereocenters. The third-order valence-corrected chi connectivity index (χ3v) is 8.42. The van der Waals surface area contributed by atoms with Crippen LogP contribution in [0.15, 0.2) is 122 Å². The fourth-order valence-corrected chi connectivity index (χ4v) is 6.53. The first-order valence-electron chi connectivity index (χ1n) is 13.8. The van der Waals surface area contributed by atoms with E-state index in [2.05, 4.69) is 28.2 Å². The molecule has 1 N–H and O–H groups in total. The molecule has 2 aliphatic heterocycles. The minimum absolute atomic E-state index is 0.378. The van der Waals surface area contributed by atoms with Crippen LogP contribution in [0.4, 0.5) is 0 Å². The molecule has 2 aliphatic rings. The molecule has 0 radical (unpaired) electrons. The van der Waals surface area contributed by atoms with Gasteiger partial charge in [-0.1, -0.05) is 72.8 Å². The second-order valence-electron chi connectivity index (χ2n) is 10.6. The zero-order valence-corrected chi connectivity index (χ0v) is 22.2. The van der Waals surface area contributed by atoms with E-state index in [4.69, 9.17) is 14.5 Å². The third-order valence-electron chi connectivity index (χ3n) is 8.42. The summed E-state index contributed by atoms with van der Waals surface area (Å²) in [6.45, 7) is 0. The Labute approximate surface area is 240 Å². The molecule has 42 heavy (non-hydrogen) atoms. The second kappa shape index (κ2) is 8.38. The van der Waals surface area contributed by atoms with Crippen LogP contribution in [-0.4, -0.2) is 20.9 Å². The molecule has 1 spiro atoms. The summed E-state index contributed by atoms with van der Waals surface area (Å²) in [5.41, 5.74) is 7.40. The molecule has 5 heterocycles. The summed E-state index contributed by atoms with van der Waals surface area (Å²) >= 11 is 0. The first-order chi connectivity index (χ1) is 20.7. The maximum atomic E-state index is 13.7. The van der Waals surface area contributed by atoms with E-state index in [9.17, 15) is 4.79 Å². The van der Waals surface area contributed by atoms with Crippen molar-refractivity contribution in [1.82, 2.24) is 15.0 Å². The summed E-state index contributed by atoms with van der Waals surface area (Å²) in [6.07, 6.45) is 5.53. The maximum absolute atomic E-state index is 13.7. The van der Waals surface area contributed by atoms with Gasteiger partial charge in [0, 0.05) is 68.2 Å². The Morgan fingerprint density at radius 1 is 0.667 bits per heavy atom. The minimum Gasteiger partial charge on any atom is -0.456 e. The Balaban J connectivity index is 1.16. The van der Waals surface area contributed by atoms with Gasteiger partial charge >= 0.3 is 5.97 Å². The van der Waals surface area contributed by atoms with Gasteiger partial charge in [0.25, 0.3) is 0 Å². The van der Waals surface area contributed by atoms with E-state index in [1.165, 1.54) is 0 Å². The van der Waals surface area contributed by atoms with Crippen molar-refractivity contribution in [3.8, 4) is 33.9 Å². The summed E-state index contributed by atoms with van der Waals surface area (Å²) in [7, 11) is 0. The summed E-state index contributed by atoms with van der Waals surface area (Å²) < 4.78 is 12.6. The normalized spacial score (nSPS) is 14.3. The van der Waals surface area contributed by atoms with Crippen molar-refractivity contribution >= 4 is 27.8 Å². The summed E-state index contributed by atoms with van der Waals surface area (Å²) in [5, 5.41) is 2.24. The molecule has 0 aliphatic carbocycles. The highest BCUT2D eigenvalue weighted by Gasteiger charge is 2.54. The molecule has 0 amide bonds. The number of H-pyrrole nitrogens is 1. The Morgan fingerprint density at radius 3 is 2.21 bits per heavy atom. The van der Waals surface area contributed by atoms with E-state index in [1.807, 2.05) is 97.3 Å². The van der Waals surface area contributed by atoms with E-state index < -0.39 is 5.60 Å². The molecule has 0 saturated heterocycles. The first-order valence-corrected chi connectivity index (χ1v) is 13.8. The molecule has 6 heteroatoms. The van der Waals surface area contributed by atoms with Crippen molar-refractivity contribution in [3.05, 3.63) is 144 Å². The standard InChI is InChI=1S/C36H21N3O3/c40-35-34-24(29-15-13-22(19-38-29)21-12-14-23-25-20-37-17-16-30(25)39-31(23)18-21)6-5-9-28(34)36(42-35)26-7-1-3-10-32(26)41-33-11-4-2-8-27(33)36/h1-20,39H.